The minimum absolute atomic E-state index is 0.0663. The maximum Gasteiger partial charge on any atom is 0.227 e. The van der Waals surface area contributed by atoms with Crippen LogP contribution in [0.25, 0.3) is 11.4 Å². The van der Waals surface area contributed by atoms with E-state index >= 15 is 0 Å². The molecule has 2 aliphatic rings. The summed E-state index contributed by atoms with van der Waals surface area (Å²) in [5, 5.41) is 7.92. The summed E-state index contributed by atoms with van der Waals surface area (Å²) in [7, 11) is 0. The van der Waals surface area contributed by atoms with Crippen molar-refractivity contribution >= 4 is 23.2 Å². The molecule has 7 nitrogen and oxygen atoms in total. The standard InChI is InChI=1S/C21H28N4O3S/c1-15-4-9-25(10-5-15)21(27)16-6-11-24(12-7-16)19(26)3-2-18-22-20(23-28-18)17-8-13-29-14-17/h8,13-16H,2-7,9-12H2,1H3. The first-order valence-electron chi connectivity index (χ1n) is 10.5. The number of aryl methyl sites for hydroxylation is 1. The van der Waals surface area contributed by atoms with Gasteiger partial charge in [0.25, 0.3) is 0 Å². The molecule has 2 aromatic heterocycles. The molecule has 2 aromatic rings. The Bertz CT molecular complexity index is 819. The van der Waals surface area contributed by atoms with Gasteiger partial charge in [0.2, 0.25) is 23.5 Å². The van der Waals surface area contributed by atoms with E-state index in [1.165, 1.54) is 0 Å². The molecule has 4 rings (SSSR count). The molecule has 4 heterocycles. The van der Waals surface area contributed by atoms with Gasteiger partial charge in [0.1, 0.15) is 0 Å². The molecule has 0 saturated carbocycles. The number of carbonyl (C=O) groups excluding carboxylic acids is 2. The number of aromatic nitrogens is 2. The van der Waals surface area contributed by atoms with Crippen molar-refractivity contribution < 1.29 is 14.1 Å². The third-order valence-electron chi connectivity index (χ3n) is 6.09. The summed E-state index contributed by atoms with van der Waals surface area (Å²) in [5.41, 5.74) is 0.936. The topological polar surface area (TPSA) is 79.5 Å². The van der Waals surface area contributed by atoms with Gasteiger partial charge in [-0.25, -0.2) is 0 Å². The van der Waals surface area contributed by atoms with Gasteiger partial charge >= 0.3 is 0 Å². The smallest absolute Gasteiger partial charge is 0.227 e. The fourth-order valence-corrected chi connectivity index (χ4v) is 4.73. The summed E-state index contributed by atoms with van der Waals surface area (Å²) in [4.78, 5) is 33.6. The van der Waals surface area contributed by atoms with Crippen LogP contribution in [0.3, 0.4) is 0 Å². The van der Waals surface area contributed by atoms with Crippen LogP contribution in [-0.4, -0.2) is 57.9 Å². The Labute approximate surface area is 175 Å². The first-order valence-corrected chi connectivity index (χ1v) is 11.5. The molecule has 0 aliphatic carbocycles. The van der Waals surface area contributed by atoms with Gasteiger partial charge in [-0.05, 0) is 43.0 Å². The average molecular weight is 417 g/mol. The van der Waals surface area contributed by atoms with E-state index in [2.05, 4.69) is 17.1 Å². The highest BCUT2D eigenvalue weighted by molar-refractivity contribution is 7.08. The Morgan fingerprint density at radius 2 is 1.86 bits per heavy atom. The summed E-state index contributed by atoms with van der Waals surface area (Å²) >= 11 is 1.58. The van der Waals surface area contributed by atoms with Crippen molar-refractivity contribution in [3.8, 4) is 11.4 Å². The quantitative estimate of drug-likeness (QED) is 0.748. The highest BCUT2D eigenvalue weighted by Crippen LogP contribution is 2.24. The molecule has 0 atom stereocenters. The Hall–Kier alpha value is -2.22. The molecule has 2 amide bonds. The first kappa shape index (κ1) is 20.1. The molecule has 0 bridgehead atoms. The summed E-state index contributed by atoms with van der Waals surface area (Å²) in [6, 6.07) is 1.94. The lowest BCUT2D eigenvalue weighted by Gasteiger charge is -2.36. The van der Waals surface area contributed by atoms with Crippen molar-refractivity contribution in [2.75, 3.05) is 26.2 Å². The van der Waals surface area contributed by atoms with Crippen LogP contribution in [0.2, 0.25) is 0 Å². The highest BCUT2D eigenvalue weighted by atomic mass is 32.1. The molecule has 2 aliphatic heterocycles. The van der Waals surface area contributed by atoms with Gasteiger partial charge in [-0.2, -0.15) is 16.3 Å². The highest BCUT2D eigenvalue weighted by Gasteiger charge is 2.31. The van der Waals surface area contributed by atoms with Gasteiger partial charge in [-0.1, -0.05) is 12.1 Å². The number of piperidine rings is 2. The third kappa shape index (κ3) is 4.86. The van der Waals surface area contributed by atoms with Crippen LogP contribution in [0.4, 0.5) is 0 Å². The summed E-state index contributed by atoms with van der Waals surface area (Å²) in [6.07, 6.45) is 4.54. The molecule has 8 heteroatoms. The van der Waals surface area contributed by atoms with E-state index in [0.29, 0.717) is 37.6 Å². The third-order valence-corrected chi connectivity index (χ3v) is 6.78. The van der Waals surface area contributed by atoms with E-state index in [0.717, 1.165) is 50.3 Å². The predicted molar refractivity (Wildman–Crippen MR) is 110 cm³/mol. The van der Waals surface area contributed by atoms with E-state index in [4.69, 9.17) is 4.52 Å². The van der Waals surface area contributed by atoms with Gasteiger partial charge in [-0.15, -0.1) is 0 Å². The largest absolute Gasteiger partial charge is 0.343 e. The zero-order valence-electron chi connectivity index (χ0n) is 16.9. The zero-order chi connectivity index (χ0) is 20.2. The molecule has 2 saturated heterocycles. The molecular weight excluding hydrogens is 388 g/mol. The molecule has 0 radical (unpaired) electrons. The second kappa shape index (κ2) is 9.07. The number of hydrogen-bond donors (Lipinski definition) is 0. The van der Waals surface area contributed by atoms with Crippen LogP contribution in [0, 0.1) is 11.8 Å². The molecule has 2 fully saturated rings. The van der Waals surface area contributed by atoms with Crippen LogP contribution in [0.1, 0.15) is 44.9 Å². The molecule has 156 valence electrons. The van der Waals surface area contributed by atoms with Gasteiger partial charge in [-0.3, -0.25) is 9.59 Å². The van der Waals surface area contributed by atoms with E-state index < -0.39 is 0 Å². The molecule has 0 N–H and O–H groups in total. The molecule has 29 heavy (non-hydrogen) atoms. The maximum absolute atomic E-state index is 12.7. The van der Waals surface area contributed by atoms with Crippen LogP contribution in [0.5, 0.6) is 0 Å². The van der Waals surface area contributed by atoms with E-state index in [9.17, 15) is 9.59 Å². The van der Waals surface area contributed by atoms with Crippen molar-refractivity contribution in [1.29, 1.82) is 0 Å². The van der Waals surface area contributed by atoms with Crippen molar-refractivity contribution in [1.82, 2.24) is 19.9 Å². The van der Waals surface area contributed by atoms with Gasteiger partial charge < -0.3 is 14.3 Å². The van der Waals surface area contributed by atoms with Crippen LogP contribution in [-0.2, 0) is 16.0 Å². The fourth-order valence-electron chi connectivity index (χ4n) is 4.10. The van der Waals surface area contributed by atoms with E-state index in [1.807, 2.05) is 26.6 Å². The maximum atomic E-state index is 12.7. The average Bonchev–Trinajstić information content (AvgIpc) is 3.44. The molecule has 0 unspecified atom stereocenters. The number of carbonyl (C=O) groups is 2. The van der Waals surface area contributed by atoms with Gasteiger partial charge in [0, 0.05) is 55.9 Å². The Morgan fingerprint density at radius 3 is 2.55 bits per heavy atom. The normalized spacial score (nSPS) is 18.9. The van der Waals surface area contributed by atoms with E-state index in [1.54, 1.807) is 11.3 Å². The number of amides is 2. The minimum atomic E-state index is 0.0663. The molecule has 0 spiro atoms. The number of thiophene rings is 1. The number of likely N-dealkylation sites (tertiary alicyclic amines) is 2. The number of hydrogen-bond acceptors (Lipinski definition) is 6. The Balaban J connectivity index is 1.21. The fraction of sp³-hybridized carbons (Fsp3) is 0.619. The molecular formula is C21H28N4O3S. The Kier molecular flexibility index (Phi) is 6.28. The summed E-state index contributed by atoms with van der Waals surface area (Å²) in [6.45, 7) is 5.34. The van der Waals surface area contributed by atoms with Crippen LogP contribution < -0.4 is 0 Å². The van der Waals surface area contributed by atoms with Crippen molar-refractivity contribution in [3.63, 3.8) is 0 Å². The van der Waals surface area contributed by atoms with Gasteiger partial charge in [0.15, 0.2) is 0 Å². The lowest BCUT2D eigenvalue weighted by atomic mass is 9.92. The second-order valence-corrected chi connectivity index (χ2v) is 8.97. The minimum Gasteiger partial charge on any atom is -0.343 e. The van der Waals surface area contributed by atoms with E-state index in [-0.39, 0.29) is 17.7 Å². The monoisotopic (exact) mass is 416 g/mol. The lowest BCUT2D eigenvalue weighted by Crippen LogP contribution is -2.46. The zero-order valence-corrected chi connectivity index (χ0v) is 17.7. The Morgan fingerprint density at radius 1 is 1.14 bits per heavy atom. The van der Waals surface area contributed by atoms with Crippen LogP contribution >= 0.6 is 11.3 Å². The van der Waals surface area contributed by atoms with Crippen molar-refractivity contribution in [2.45, 2.75) is 45.4 Å². The first-order chi connectivity index (χ1) is 14.1. The second-order valence-electron chi connectivity index (χ2n) is 8.19. The van der Waals surface area contributed by atoms with Crippen LogP contribution in [0.15, 0.2) is 21.3 Å². The predicted octanol–water partition coefficient (Wildman–Crippen LogP) is 3.23. The number of rotatable bonds is 5. The summed E-state index contributed by atoms with van der Waals surface area (Å²) in [5.74, 6) is 2.23. The number of nitrogens with zero attached hydrogens (tertiary/aromatic N) is 4. The van der Waals surface area contributed by atoms with Crippen molar-refractivity contribution in [3.05, 3.63) is 22.7 Å². The summed E-state index contributed by atoms with van der Waals surface area (Å²) < 4.78 is 5.27. The van der Waals surface area contributed by atoms with Crippen molar-refractivity contribution in [2.24, 2.45) is 11.8 Å². The van der Waals surface area contributed by atoms with Gasteiger partial charge in [0.05, 0.1) is 0 Å². The lowest BCUT2D eigenvalue weighted by molar-refractivity contribution is -0.141. The molecule has 0 aromatic carbocycles. The SMILES string of the molecule is CC1CCN(C(=O)C2CCN(C(=O)CCc3nc(-c4ccsc4)no3)CC2)CC1.